The smallest absolute Gasteiger partial charge is 0.254 e. The van der Waals surface area contributed by atoms with E-state index in [1.54, 1.807) is 0 Å². The highest BCUT2D eigenvalue weighted by Gasteiger charge is 2.32. The number of hydrogen-bond donors (Lipinski definition) is 0. The fourth-order valence-corrected chi connectivity index (χ4v) is 5.82. The van der Waals surface area contributed by atoms with Crippen molar-refractivity contribution in [1.29, 1.82) is 0 Å². The normalized spacial score (nSPS) is 18.8. The van der Waals surface area contributed by atoms with Gasteiger partial charge in [-0.05, 0) is 81.1 Å². The Bertz CT molecular complexity index is 1280. The lowest BCUT2D eigenvalue weighted by Crippen LogP contribution is -2.42. The number of likely N-dealkylation sites (tertiary alicyclic amines) is 2. The standard InChI is InChI=1S/C31H36N4O3/c1-33(17-13-23-8-3-2-4-9-23)30-20-25(18-27(32-30)24-11-12-28-29(19-24)38-22-37-28)31(36)35-16-7-10-26(35)21-34-14-5-6-15-34/h2-4,8-9,11-12,18-20,26H,5-7,10,13-17,21-22H2,1H3/t26-/m0/s1. The number of nitrogens with zero attached hydrogens (tertiary/aromatic N) is 4. The number of ether oxygens (including phenoxy) is 2. The average Bonchev–Trinajstić information content (AvgIpc) is 3.74. The predicted molar refractivity (Wildman–Crippen MR) is 149 cm³/mol. The van der Waals surface area contributed by atoms with Gasteiger partial charge >= 0.3 is 0 Å². The molecule has 0 spiro atoms. The zero-order chi connectivity index (χ0) is 25.9. The van der Waals surface area contributed by atoms with Crippen LogP contribution in [-0.4, -0.2) is 73.3 Å². The third kappa shape index (κ3) is 5.34. The number of aromatic nitrogens is 1. The van der Waals surface area contributed by atoms with E-state index in [1.807, 2.05) is 36.4 Å². The van der Waals surface area contributed by atoms with Crippen molar-refractivity contribution in [3.05, 3.63) is 71.8 Å². The van der Waals surface area contributed by atoms with Crippen LogP contribution in [0.15, 0.2) is 60.7 Å². The molecule has 1 amide bonds. The number of benzene rings is 2. The number of rotatable bonds is 8. The molecular formula is C31H36N4O3. The van der Waals surface area contributed by atoms with Gasteiger partial charge in [-0.1, -0.05) is 30.3 Å². The van der Waals surface area contributed by atoms with E-state index in [0.29, 0.717) is 11.3 Å². The summed E-state index contributed by atoms with van der Waals surface area (Å²) in [5.74, 6) is 2.36. The van der Waals surface area contributed by atoms with Crippen LogP contribution in [0.1, 0.15) is 41.6 Å². The highest BCUT2D eigenvalue weighted by Crippen LogP contribution is 2.36. The monoisotopic (exact) mass is 512 g/mol. The summed E-state index contributed by atoms with van der Waals surface area (Å²) in [6.07, 6.45) is 5.58. The molecule has 2 aromatic carbocycles. The van der Waals surface area contributed by atoms with Gasteiger partial charge < -0.3 is 24.2 Å². The summed E-state index contributed by atoms with van der Waals surface area (Å²) >= 11 is 0. The van der Waals surface area contributed by atoms with Crippen molar-refractivity contribution in [2.24, 2.45) is 0 Å². The molecule has 1 atom stereocenters. The Morgan fingerprint density at radius 2 is 1.79 bits per heavy atom. The molecule has 2 saturated heterocycles. The van der Waals surface area contributed by atoms with E-state index in [9.17, 15) is 4.79 Å². The lowest BCUT2D eigenvalue weighted by molar-refractivity contribution is 0.0708. The van der Waals surface area contributed by atoms with Crippen molar-refractivity contribution in [2.75, 3.05) is 51.5 Å². The Morgan fingerprint density at radius 3 is 2.63 bits per heavy atom. The van der Waals surface area contributed by atoms with Crippen LogP contribution >= 0.6 is 0 Å². The van der Waals surface area contributed by atoms with Gasteiger partial charge in [0.1, 0.15) is 5.82 Å². The quantitative estimate of drug-likeness (QED) is 0.430. The molecule has 1 aromatic heterocycles. The van der Waals surface area contributed by atoms with Gasteiger partial charge in [-0.2, -0.15) is 0 Å². The molecule has 0 saturated carbocycles. The molecule has 3 aliphatic heterocycles. The van der Waals surface area contributed by atoms with E-state index >= 15 is 0 Å². The summed E-state index contributed by atoms with van der Waals surface area (Å²) in [7, 11) is 2.05. The van der Waals surface area contributed by atoms with Crippen LogP contribution in [0, 0.1) is 0 Å². The maximum atomic E-state index is 14.0. The molecule has 198 valence electrons. The molecule has 0 unspecified atom stereocenters. The minimum Gasteiger partial charge on any atom is -0.454 e. The second kappa shape index (κ2) is 11.0. The second-order valence-corrected chi connectivity index (χ2v) is 10.6. The third-order valence-corrected chi connectivity index (χ3v) is 8.00. The Morgan fingerprint density at radius 1 is 0.974 bits per heavy atom. The fourth-order valence-electron chi connectivity index (χ4n) is 5.82. The summed E-state index contributed by atoms with van der Waals surface area (Å²) < 4.78 is 11.1. The minimum absolute atomic E-state index is 0.105. The summed E-state index contributed by atoms with van der Waals surface area (Å²) in [6.45, 7) is 5.13. The van der Waals surface area contributed by atoms with E-state index in [4.69, 9.17) is 14.5 Å². The maximum absolute atomic E-state index is 14.0. The molecule has 2 fully saturated rings. The lowest BCUT2D eigenvalue weighted by atomic mass is 10.1. The van der Waals surface area contributed by atoms with Crippen LogP contribution < -0.4 is 14.4 Å². The van der Waals surface area contributed by atoms with E-state index in [1.165, 1.54) is 18.4 Å². The van der Waals surface area contributed by atoms with Crippen LogP contribution in [-0.2, 0) is 6.42 Å². The van der Waals surface area contributed by atoms with Crippen molar-refractivity contribution in [1.82, 2.24) is 14.8 Å². The van der Waals surface area contributed by atoms with Crippen molar-refractivity contribution >= 4 is 11.7 Å². The molecule has 7 heteroatoms. The SMILES string of the molecule is CN(CCc1ccccc1)c1cc(C(=O)N2CCC[C@H]2CN2CCCC2)cc(-c2ccc3c(c2)OCO3)n1. The van der Waals surface area contributed by atoms with Crippen LogP contribution in [0.3, 0.4) is 0 Å². The molecule has 4 heterocycles. The van der Waals surface area contributed by atoms with E-state index in [-0.39, 0.29) is 18.7 Å². The molecule has 3 aromatic rings. The molecule has 6 rings (SSSR count). The Balaban J connectivity index is 1.29. The maximum Gasteiger partial charge on any atom is 0.254 e. The molecule has 3 aliphatic rings. The van der Waals surface area contributed by atoms with Gasteiger partial charge in [0, 0.05) is 43.9 Å². The van der Waals surface area contributed by atoms with E-state index in [0.717, 1.165) is 74.8 Å². The number of fused-ring (bicyclic) bond motifs is 1. The number of hydrogen-bond acceptors (Lipinski definition) is 6. The Labute approximate surface area is 225 Å². The van der Waals surface area contributed by atoms with Gasteiger partial charge in [-0.25, -0.2) is 4.98 Å². The van der Waals surface area contributed by atoms with E-state index < -0.39 is 0 Å². The van der Waals surface area contributed by atoms with Gasteiger partial charge in [0.25, 0.3) is 5.91 Å². The largest absolute Gasteiger partial charge is 0.454 e. The molecule has 0 aliphatic carbocycles. The average molecular weight is 513 g/mol. The number of likely N-dealkylation sites (N-methyl/N-ethyl adjacent to an activating group) is 1. The number of amides is 1. The molecule has 38 heavy (non-hydrogen) atoms. The van der Waals surface area contributed by atoms with Gasteiger partial charge in [0.15, 0.2) is 11.5 Å². The van der Waals surface area contributed by atoms with Gasteiger partial charge in [0.2, 0.25) is 6.79 Å². The highest BCUT2D eigenvalue weighted by atomic mass is 16.7. The highest BCUT2D eigenvalue weighted by molar-refractivity contribution is 5.96. The van der Waals surface area contributed by atoms with Gasteiger partial charge in [-0.3, -0.25) is 4.79 Å². The molecular weight excluding hydrogens is 476 g/mol. The van der Waals surface area contributed by atoms with Crippen LogP contribution in [0.4, 0.5) is 5.82 Å². The topological polar surface area (TPSA) is 58.1 Å². The van der Waals surface area contributed by atoms with Crippen LogP contribution in [0.5, 0.6) is 11.5 Å². The third-order valence-electron chi connectivity index (χ3n) is 8.00. The fraction of sp³-hybridized carbons (Fsp3) is 0.419. The lowest BCUT2D eigenvalue weighted by Gasteiger charge is -2.29. The first kappa shape index (κ1) is 24.7. The Hall–Kier alpha value is -3.58. The molecule has 0 N–H and O–H groups in total. The first-order valence-electron chi connectivity index (χ1n) is 13.8. The van der Waals surface area contributed by atoms with E-state index in [2.05, 4.69) is 46.0 Å². The van der Waals surface area contributed by atoms with Crippen molar-refractivity contribution in [3.63, 3.8) is 0 Å². The second-order valence-electron chi connectivity index (χ2n) is 10.6. The zero-order valence-corrected chi connectivity index (χ0v) is 22.1. The molecule has 0 radical (unpaired) electrons. The number of pyridine rings is 1. The van der Waals surface area contributed by atoms with Crippen molar-refractivity contribution in [2.45, 2.75) is 38.1 Å². The first-order valence-corrected chi connectivity index (χ1v) is 13.8. The van der Waals surface area contributed by atoms with Crippen LogP contribution in [0.2, 0.25) is 0 Å². The summed E-state index contributed by atoms with van der Waals surface area (Å²) in [5.41, 5.74) is 3.66. The molecule has 0 bridgehead atoms. The summed E-state index contributed by atoms with van der Waals surface area (Å²) in [4.78, 5) is 25.7. The van der Waals surface area contributed by atoms with Crippen molar-refractivity contribution < 1.29 is 14.3 Å². The minimum atomic E-state index is 0.105. The first-order chi connectivity index (χ1) is 18.6. The Kier molecular flexibility index (Phi) is 7.18. The number of anilines is 1. The number of carbonyl (C=O) groups is 1. The summed E-state index contributed by atoms with van der Waals surface area (Å²) in [6, 6.07) is 20.5. The van der Waals surface area contributed by atoms with Crippen molar-refractivity contribution in [3.8, 4) is 22.8 Å². The summed E-state index contributed by atoms with van der Waals surface area (Å²) in [5, 5.41) is 0. The number of carbonyl (C=O) groups excluding carboxylic acids is 1. The zero-order valence-electron chi connectivity index (χ0n) is 22.1. The molecule has 7 nitrogen and oxygen atoms in total. The van der Waals surface area contributed by atoms with Crippen LogP contribution in [0.25, 0.3) is 11.3 Å². The van der Waals surface area contributed by atoms with Gasteiger partial charge in [0.05, 0.1) is 5.69 Å². The predicted octanol–water partition coefficient (Wildman–Crippen LogP) is 4.86. The van der Waals surface area contributed by atoms with Gasteiger partial charge in [-0.15, -0.1) is 0 Å².